The molecule has 1 saturated carbocycles. The first kappa shape index (κ1) is 14.0. The summed E-state index contributed by atoms with van der Waals surface area (Å²) in [5, 5.41) is 10.7. The Bertz CT molecular complexity index is 698. The molecule has 1 aliphatic carbocycles. The van der Waals surface area contributed by atoms with Crippen molar-refractivity contribution < 1.29 is 8.42 Å². The van der Waals surface area contributed by atoms with Gasteiger partial charge in [-0.3, -0.25) is 4.72 Å². The lowest BCUT2D eigenvalue weighted by molar-refractivity contribution is 0.600. The normalized spacial score (nSPS) is 14.9. The Morgan fingerprint density at radius 2 is 1.90 bits per heavy atom. The molecule has 0 aliphatic heterocycles. The summed E-state index contributed by atoms with van der Waals surface area (Å²) in [6.45, 7) is 0.766. The number of sulfonamides is 1. The second-order valence-corrected chi connectivity index (χ2v) is 6.70. The number of aromatic nitrogens is 2. The third-order valence-electron chi connectivity index (χ3n) is 3.22. The van der Waals surface area contributed by atoms with Gasteiger partial charge in [-0.05, 0) is 42.7 Å². The first-order valence-corrected chi connectivity index (χ1v) is 8.25. The molecule has 0 atom stereocenters. The van der Waals surface area contributed by atoms with Crippen LogP contribution in [0.4, 0.5) is 5.82 Å². The lowest BCUT2D eigenvalue weighted by atomic mass is 10.2. The first-order valence-electron chi connectivity index (χ1n) is 6.76. The van der Waals surface area contributed by atoms with Crippen molar-refractivity contribution in [1.82, 2.24) is 15.5 Å². The van der Waals surface area contributed by atoms with E-state index in [2.05, 4.69) is 20.2 Å². The first-order chi connectivity index (χ1) is 10.1. The molecular formula is C14H16N4O2S. The quantitative estimate of drug-likeness (QED) is 0.845. The molecule has 2 N–H and O–H groups in total. The van der Waals surface area contributed by atoms with Gasteiger partial charge in [0.1, 0.15) is 0 Å². The van der Waals surface area contributed by atoms with Gasteiger partial charge in [0, 0.05) is 18.8 Å². The van der Waals surface area contributed by atoms with E-state index in [0.29, 0.717) is 6.04 Å². The average Bonchev–Trinajstić information content (AvgIpc) is 3.30. The molecule has 7 heteroatoms. The van der Waals surface area contributed by atoms with Crippen LogP contribution in [-0.4, -0.2) is 24.7 Å². The molecular weight excluding hydrogens is 288 g/mol. The van der Waals surface area contributed by atoms with Crippen LogP contribution in [0.2, 0.25) is 0 Å². The molecule has 21 heavy (non-hydrogen) atoms. The van der Waals surface area contributed by atoms with Crippen LogP contribution in [-0.2, 0) is 16.6 Å². The van der Waals surface area contributed by atoms with E-state index in [0.717, 1.165) is 12.1 Å². The van der Waals surface area contributed by atoms with E-state index in [1.54, 1.807) is 24.3 Å². The van der Waals surface area contributed by atoms with E-state index in [9.17, 15) is 8.42 Å². The van der Waals surface area contributed by atoms with Gasteiger partial charge in [-0.2, -0.15) is 5.10 Å². The molecule has 1 aromatic heterocycles. The van der Waals surface area contributed by atoms with Gasteiger partial charge in [0.25, 0.3) is 10.0 Å². The zero-order chi connectivity index (χ0) is 14.7. The highest BCUT2D eigenvalue weighted by Crippen LogP contribution is 2.20. The molecule has 110 valence electrons. The van der Waals surface area contributed by atoms with E-state index in [-0.39, 0.29) is 10.7 Å². The van der Waals surface area contributed by atoms with E-state index in [4.69, 9.17) is 0 Å². The van der Waals surface area contributed by atoms with Crippen LogP contribution in [0.3, 0.4) is 0 Å². The highest BCUT2D eigenvalue weighted by molar-refractivity contribution is 7.92. The maximum Gasteiger partial charge on any atom is 0.263 e. The molecule has 6 nitrogen and oxygen atoms in total. The lowest BCUT2D eigenvalue weighted by Gasteiger charge is -2.08. The highest BCUT2D eigenvalue weighted by atomic mass is 32.2. The zero-order valence-corrected chi connectivity index (χ0v) is 12.2. The van der Waals surface area contributed by atoms with Crippen molar-refractivity contribution in [2.75, 3.05) is 4.72 Å². The van der Waals surface area contributed by atoms with Crippen LogP contribution in [0.25, 0.3) is 0 Å². The summed E-state index contributed by atoms with van der Waals surface area (Å²) in [6.07, 6.45) is 3.95. The largest absolute Gasteiger partial charge is 0.310 e. The molecule has 0 spiro atoms. The monoisotopic (exact) mass is 304 g/mol. The molecule has 1 heterocycles. The molecule has 0 bridgehead atoms. The predicted molar refractivity (Wildman–Crippen MR) is 79.1 cm³/mol. The SMILES string of the molecule is O=S(=O)(Nc1cccnn1)c1ccc(CNC2CC2)cc1. The number of hydrogen-bond donors (Lipinski definition) is 2. The predicted octanol–water partition coefficient (Wildman–Crippen LogP) is 1.53. The van der Waals surface area contributed by atoms with Gasteiger partial charge in [0.15, 0.2) is 5.82 Å². The summed E-state index contributed by atoms with van der Waals surface area (Å²) < 4.78 is 26.8. The molecule has 1 aliphatic rings. The van der Waals surface area contributed by atoms with Crippen molar-refractivity contribution in [2.45, 2.75) is 30.3 Å². The van der Waals surface area contributed by atoms with Crippen LogP contribution >= 0.6 is 0 Å². The van der Waals surface area contributed by atoms with Crippen LogP contribution in [0.1, 0.15) is 18.4 Å². The lowest BCUT2D eigenvalue weighted by Crippen LogP contribution is -2.16. The van der Waals surface area contributed by atoms with Crippen LogP contribution < -0.4 is 10.0 Å². The van der Waals surface area contributed by atoms with Crippen LogP contribution in [0.15, 0.2) is 47.5 Å². The minimum Gasteiger partial charge on any atom is -0.310 e. The maximum absolute atomic E-state index is 12.2. The average molecular weight is 304 g/mol. The molecule has 1 fully saturated rings. The zero-order valence-electron chi connectivity index (χ0n) is 11.4. The van der Waals surface area contributed by atoms with Crippen molar-refractivity contribution in [1.29, 1.82) is 0 Å². The number of nitrogens with one attached hydrogen (secondary N) is 2. The van der Waals surface area contributed by atoms with Crippen molar-refractivity contribution in [3.63, 3.8) is 0 Å². The molecule has 0 amide bonds. The van der Waals surface area contributed by atoms with Gasteiger partial charge in [-0.1, -0.05) is 12.1 Å². The Morgan fingerprint density at radius 1 is 1.14 bits per heavy atom. The Hall–Kier alpha value is -1.99. The Balaban J connectivity index is 1.69. The van der Waals surface area contributed by atoms with Crippen molar-refractivity contribution in [2.24, 2.45) is 0 Å². The molecule has 3 rings (SSSR count). The van der Waals surface area contributed by atoms with Gasteiger partial charge in [0.2, 0.25) is 0 Å². The van der Waals surface area contributed by atoms with Crippen LogP contribution in [0, 0.1) is 0 Å². The fourth-order valence-electron chi connectivity index (χ4n) is 1.89. The smallest absolute Gasteiger partial charge is 0.263 e. The molecule has 2 aromatic rings. The minimum absolute atomic E-state index is 0.206. The number of nitrogens with zero attached hydrogens (tertiary/aromatic N) is 2. The highest BCUT2D eigenvalue weighted by Gasteiger charge is 2.20. The topological polar surface area (TPSA) is 84.0 Å². The molecule has 1 aromatic carbocycles. The second-order valence-electron chi connectivity index (χ2n) is 5.01. The summed E-state index contributed by atoms with van der Waals surface area (Å²) in [4.78, 5) is 0.211. The second kappa shape index (κ2) is 5.79. The summed E-state index contributed by atoms with van der Waals surface area (Å²) in [6, 6.07) is 10.6. The van der Waals surface area contributed by atoms with E-state index >= 15 is 0 Å². The van der Waals surface area contributed by atoms with Crippen molar-refractivity contribution in [3.05, 3.63) is 48.2 Å². The van der Waals surface area contributed by atoms with Crippen molar-refractivity contribution in [3.8, 4) is 0 Å². The fourth-order valence-corrected chi connectivity index (χ4v) is 2.89. The van der Waals surface area contributed by atoms with Crippen molar-refractivity contribution >= 4 is 15.8 Å². The summed E-state index contributed by atoms with van der Waals surface area (Å²) in [5.41, 5.74) is 1.07. The summed E-state index contributed by atoms with van der Waals surface area (Å²) >= 11 is 0. The van der Waals surface area contributed by atoms with E-state index < -0.39 is 10.0 Å². The van der Waals surface area contributed by atoms with Gasteiger partial charge in [-0.25, -0.2) is 8.42 Å². The number of hydrogen-bond acceptors (Lipinski definition) is 5. The van der Waals surface area contributed by atoms with Gasteiger partial charge >= 0.3 is 0 Å². The number of anilines is 1. The maximum atomic E-state index is 12.2. The Labute approximate surface area is 123 Å². The van der Waals surface area contributed by atoms with Gasteiger partial charge in [0.05, 0.1) is 4.90 Å². The van der Waals surface area contributed by atoms with E-state index in [1.807, 2.05) is 12.1 Å². The third-order valence-corrected chi connectivity index (χ3v) is 4.59. The summed E-state index contributed by atoms with van der Waals surface area (Å²) in [7, 11) is -3.62. The van der Waals surface area contributed by atoms with E-state index in [1.165, 1.54) is 19.0 Å². The molecule has 0 radical (unpaired) electrons. The number of rotatable bonds is 6. The Morgan fingerprint density at radius 3 is 2.52 bits per heavy atom. The molecule has 0 unspecified atom stereocenters. The standard InChI is InChI=1S/C14H16N4O2S/c19-21(20,18-14-2-1-9-16-17-14)13-7-3-11(4-8-13)10-15-12-5-6-12/h1-4,7-9,12,15H,5-6,10H2,(H,17,18). The fraction of sp³-hybridized carbons (Fsp3) is 0.286. The molecule has 0 saturated heterocycles. The third kappa shape index (κ3) is 3.77. The van der Waals surface area contributed by atoms with Gasteiger partial charge < -0.3 is 5.32 Å². The Kier molecular flexibility index (Phi) is 3.85. The van der Waals surface area contributed by atoms with Gasteiger partial charge in [-0.15, -0.1) is 5.10 Å². The minimum atomic E-state index is -3.62. The summed E-state index contributed by atoms with van der Waals surface area (Å²) in [5.74, 6) is 0.206. The van der Waals surface area contributed by atoms with Crippen LogP contribution in [0.5, 0.6) is 0 Å². The number of benzene rings is 1.